The molecule has 1 fully saturated rings. The van der Waals surface area contributed by atoms with Crippen LogP contribution in [-0.4, -0.2) is 42.9 Å². The predicted molar refractivity (Wildman–Crippen MR) is 50.9 cm³/mol. The van der Waals surface area contributed by atoms with Gasteiger partial charge in [0.25, 0.3) is 0 Å². The minimum Gasteiger partial charge on any atom is -0.354 e. The maximum absolute atomic E-state index is 11.1. The van der Waals surface area contributed by atoms with Gasteiger partial charge in [-0.2, -0.15) is 0 Å². The molecular formula is C8H16N4O2. The molecular weight excluding hydrogens is 184 g/mol. The second-order valence-corrected chi connectivity index (χ2v) is 3.49. The van der Waals surface area contributed by atoms with E-state index >= 15 is 0 Å². The van der Waals surface area contributed by atoms with Crippen LogP contribution >= 0.6 is 0 Å². The fraction of sp³-hybridized carbons (Fsp3) is 0.750. The lowest BCUT2D eigenvalue weighted by atomic mass is 10.1. The molecule has 0 radical (unpaired) electrons. The fourth-order valence-corrected chi connectivity index (χ4v) is 1.46. The summed E-state index contributed by atoms with van der Waals surface area (Å²) in [7, 11) is 0. The van der Waals surface area contributed by atoms with E-state index in [2.05, 4.69) is 10.7 Å². The summed E-state index contributed by atoms with van der Waals surface area (Å²) in [6.07, 6.45) is 0. The standard InChI is InChI=1S/C8H16N4O2/c1-6(8(14)11-9)4-12-3-2-10-7(13)5-12/h6H,2-5,9H2,1H3,(H,10,13)(H,11,14). The van der Waals surface area contributed by atoms with Gasteiger partial charge in [-0.05, 0) is 0 Å². The molecule has 0 aromatic carbocycles. The van der Waals surface area contributed by atoms with Crippen molar-refractivity contribution in [3.8, 4) is 0 Å². The van der Waals surface area contributed by atoms with E-state index in [-0.39, 0.29) is 17.7 Å². The molecule has 1 heterocycles. The molecule has 0 spiro atoms. The van der Waals surface area contributed by atoms with E-state index in [9.17, 15) is 9.59 Å². The van der Waals surface area contributed by atoms with E-state index in [1.807, 2.05) is 4.90 Å². The number of nitrogens with zero attached hydrogens (tertiary/aromatic N) is 1. The number of rotatable bonds is 3. The van der Waals surface area contributed by atoms with E-state index in [0.717, 1.165) is 6.54 Å². The van der Waals surface area contributed by atoms with Gasteiger partial charge in [0.15, 0.2) is 0 Å². The third-order valence-corrected chi connectivity index (χ3v) is 2.24. The zero-order valence-electron chi connectivity index (χ0n) is 8.25. The molecule has 0 aliphatic carbocycles. The number of nitrogens with two attached hydrogens (primary N) is 1. The Labute approximate surface area is 82.8 Å². The molecule has 80 valence electrons. The van der Waals surface area contributed by atoms with Crippen molar-refractivity contribution in [2.24, 2.45) is 11.8 Å². The summed E-state index contributed by atoms with van der Waals surface area (Å²) in [5.41, 5.74) is 2.10. The monoisotopic (exact) mass is 200 g/mol. The molecule has 14 heavy (non-hydrogen) atoms. The number of hydrogen-bond donors (Lipinski definition) is 3. The van der Waals surface area contributed by atoms with Crippen LogP contribution in [0.2, 0.25) is 0 Å². The van der Waals surface area contributed by atoms with Crippen molar-refractivity contribution < 1.29 is 9.59 Å². The Kier molecular flexibility index (Phi) is 3.84. The van der Waals surface area contributed by atoms with Crippen LogP contribution in [0.5, 0.6) is 0 Å². The Morgan fingerprint density at radius 1 is 1.79 bits per heavy atom. The van der Waals surface area contributed by atoms with E-state index < -0.39 is 0 Å². The van der Waals surface area contributed by atoms with Gasteiger partial charge in [0.1, 0.15) is 0 Å². The zero-order valence-corrected chi connectivity index (χ0v) is 8.25. The van der Waals surface area contributed by atoms with E-state index in [0.29, 0.717) is 19.6 Å². The molecule has 0 aromatic heterocycles. The third-order valence-electron chi connectivity index (χ3n) is 2.24. The molecule has 4 N–H and O–H groups in total. The van der Waals surface area contributed by atoms with Crippen molar-refractivity contribution >= 4 is 11.8 Å². The maximum Gasteiger partial charge on any atom is 0.237 e. The second kappa shape index (κ2) is 4.92. The summed E-state index contributed by atoms with van der Waals surface area (Å²) in [4.78, 5) is 24.1. The molecule has 6 heteroatoms. The largest absolute Gasteiger partial charge is 0.354 e. The van der Waals surface area contributed by atoms with Gasteiger partial charge in [0, 0.05) is 25.6 Å². The lowest BCUT2D eigenvalue weighted by Gasteiger charge is -2.28. The van der Waals surface area contributed by atoms with E-state index in [1.54, 1.807) is 6.92 Å². The summed E-state index contributed by atoms with van der Waals surface area (Å²) in [6, 6.07) is 0. The van der Waals surface area contributed by atoms with Crippen LogP contribution in [0, 0.1) is 5.92 Å². The van der Waals surface area contributed by atoms with Gasteiger partial charge in [-0.1, -0.05) is 6.92 Å². The molecule has 1 atom stereocenters. The van der Waals surface area contributed by atoms with E-state index in [1.165, 1.54) is 0 Å². The van der Waals surface area contributed by atoms with Gasteiger partial charge in [-0.15, -0.1) is 0 Å². The quantitative estimate of drug-likeness (QED) is 0.280. The second-order valence-electron chi connectivity index (χ2n) is 3.49. The Morgan fingerprint density at radius 2 is 2.50 bits per heavy atom. The minimum absolute atomic E-state index is 0.0107. The lowest BCUT2D eigenvalue weighted by molar-refractivity contribution is -0.128. The summed E-state index contributed by atoms with van der Waals surface area (Å²) in [5, 5.41) is 2.72. The highest BCUT2D eigenvalue weighted by Crippen LogP contribution is 2.01. The average Bonchev–Trinajstić information content (AvgIpc) is 2.16. The number of amides is 2. The van der Waals surface area contributed by atoms with Gasteiger partial charge >= 0.3 is 0 Å². The van der Waals surface area contributed by atoms with Crippen LogP contribution in [-0.2, 0) is 9.59 Å². The van der Waals surface area contributed by atoms with Crippen molar-refractivity contribution in [1.29, 1.82) is 0 Å². The number of piperazine rings is 1. The molecule has 2 amide bonds. The fourth-order valence-electron chi connectivity index (χ4n) is 1.46. The molecule has 1 saturated heterocycles. The van der Waals surface area contributed by atoms with Crippen LogP contribution in [0.25, 0.3) is 0 Å². The first kappa shape index (κ1) is 10.9. The van der Waals surface area contributed by atoms with Crippen molar-refractivity contribution in [2.45, 2.75) is 6.92 Å². The van der Waals surface area contributed by atoms with E-state index in [4.69, 9.17) is 5.84 Å². The number of carbonyl (C=O) groups is 2. The lowest BCUT2D eigenvalue weighted by Crippen LogP contribution is -2.50. The summed E-state index contributed by atoms with van der Waals surface area (Å²) in [6.45, 7) is 4.15. The minimum atomic E-state index is -0.198. The van der Waals surface area contributed by atoms with Crippen molar-refractivity contribution in [1.82, 2.24) is 15.6 Å². The Morgan fingerprint density at radius 3 is 3.07 bits per heavy atom. The summed E-state index contributed by atoms with van der Waals surface area (Å²) in [5.74, 6) is 4.63. The molecule has 0 aromatic rings. The molecule has 1 aliphatic heterocycles. The van der Waals surface area contributed by atoms with Gasteiger partial charge in [0.2, 0.25) is 11.8 Å². The van der Waals surface area contributed by atoms with Crippen molar-refractivity contribution in [3.05, 3.63) is 0 Å². The number of hydrogen-bond acceptors (Lipinski definition) is 4. The van der Waals surface area contributed by atoms with Gasteiger partial charge in [-0.25, -0.2) is 5.84 Å². The molecule has 6 nitrogen and oxygen atoms in total. The van der Waals surface area contributed by atoms with Crippen molar-refractivity contribution in [2.75, 3.05) is 26.2 Å². The van der Waals surface area contributed by atoms with Crippen LogP contribution in [0.4, 0.5) is 0 Å². The Hall–Kier alpha value is -1.14. The molecule has 1 rings (SSSR count). The first-order valence-electron chi connectivity index (χ1n) is 4.63. The van der Waals surface area contributed by atoms with Crippen LogP contribution in [0.15, 0.2) is 0 Å². The van der Waals surface area contributed by atoms with Crippen molar-refractivity contribution in [3.63, 3.8) is 0 Å². The Balaban J connectivity index is 2.35. The number of hydrazine groups is 1. The average molecular weight is 200 g/mol. The highest BCUT2D eigenvalue weighted by Gasteiger charge is 2.20. The third kappa shape index (κ3) is 2.97. The highest BCUT2D eigenvalue weighted by molar-refractivity contribution is 5.79. The Bertz CT molecular complexity index is 231. The normalized spacial score (nSPS) is 20.0. The maximum atomic E-state index is 11.1. The summed E-state index contributed by atoms with van der Waals surface area (Å²) < 4.78 is 0. The topological polar surface area (TPSA) is 87.5 Å². The van der Waals surface area contributed by atoms with Gasteiger partial charge < -0.3 is 5.32 Å². The first-order valence-corrected chi connectivity index (χ1v) is 4.63. The first-order chi connectivity index (χ1) is 6.63. The molecule has 1 aliphatic rings. The van der Waals surface area contributed by atoms with Gasteiger partial charge in [-0.3, -0.25) is 19.9 Å². The molecule has 0 bridgehead atoms. The summed E-state index contributed by atoms with van der Waals surface area (Å²) >= 11 is 0. The molecule has 1 unspecified atom stereocenters. The van der Waals surface area contributed by atoms with Crippen LogP contribution in [0.1, 0.15) is 6.92 Å². The predicted octanol–water partition coefficient (Wildman–Crippen LogP) is -1.96. The van der Waals surface area contributed by atoms with Crippen LogP contribution < -0.4 is 16.6 Å². The number of nitrogens with one attached hydrogen (secondary N) is 2. The zero-order chi connectivity index (χ0) is 10.6. The molecule has 0 saturated carbocycles. The smallest absolute Gasteiger partial charge is 0.237 e. The van der Waals surface area contributed by atoms with Crippen LogP contribution in [0.3, 0.4) is 0 Å². The highest BCUT2D eigenvalue weighted by atomic mass is 16.2. The van der Waals surface area contributed by atoms with Gasteiger partial charge in [0.05, 0.1) is 6.54 Å². The SMILES string of the molecule is CC(CN1CCNC(=O)C1)C(=O)NN. The number of carbonyl (C=O) groups excluding carboxylic acids is 2.